The van der Waals surface area contributed by atoms with E-state index in [2.05, 4.69) is 10.3 Å². The highest BCUT2D eigenvalue weighted by Crippen LogP contribution is 2.25. The molecule has 152 valence electrons. The van der Waals surface area contributed by atoms with Gasteiger partial charge in [-0.1, -0.05) is 24.3 Å². The number of carbonyl (C=O) groups is 3. The van der Waals surface area contributed by atoms with E-state index in [1.807, 2.05) is 0 Å². The number of nitrogens with zero attached hydrogens (tertiary/aromatic N) is 1. The topological polar surface area (TPSA) is 94.6 Å². The summed E-state index contributed by atoms with van der Waals surface area (Å²) in [6.07, 6.45) is 2.03. The monoisotopic (exact) mass is 404 g/mol. The average molecular weight is 404 g/mol. The first-order chi connectivity index (χ1) is 14.5. The Labute approximate surface area is 173 Å². The van der Waals surface area contributed by atoms with E-state index in [1.54, 1.807) is 66.9 Å². The van der Waals surface area contributed by atoms with E-state index in [0.717, 1.165) is 0 Å². The first kappa shape index (κ1) is 20.7. The first-order valence-corrected chi connectivity index (χ1v) is 9.24. The van der Waals surface area contributed by atoms with Crippen LogP contribution in [0.3, 0.4) is 0 Å². The number of ether oxygens (including phenoxy) is 2. The molecule has 0 fully saturated rings. The van der Waals surface area contributed by atoms with E-state index < -0.39 is 18.0 Å². The van der Waals surface area contributed by atoms with E-state index in [9.17, 15) is 14.4 Å². The van der Waals surface area contributed by atoms with Gasteiger partial charge in [-0.25, -0.2) is 4.79 Å². The smallest absolute Gasteiger partial charge is 0.342 e. The Kier molecular flexibility index (Phi) is 6.54. The molecule has 0 aliphatic carbocycles. The lowest BCUT2D eigenvalue weighted by atomic mass is 10.1. The zero-order chi connectivity index (χ0) is 21.5. The molecule has 0 spiro atoms. The van der Waals surface area contributed by atoms with Crippen LogP contribution in [-0.2, 0) is 9.53 Å². The van der Waals surface area contributed by atoms with Gasteiger partial charge in [-0.3, -0.25) is 14.6 Å². The van der Waals surface area contributed by atoms with Gasteiger partial charge in [-0.05, 0) is 50.2 Å². The molecule has 30 heavy (non-hydrogen) atoms. The zero-order valence-electron chi connectivity index (χ0n) is 16.5. The quantitative estimate of drug-likeness (QED) is 0.467. The third-order valence-electron chi connectivity index (χ3n) is 4.19. The minimum Gasteiger partial charge on any atom is -0.455 e. The van der Waals surface area contributed by atoms with Gasteiger partial charge in [0.1, 0.15) is 17.1 Å². The molecule has 0 bridgehead atoms. The molecule has 7 nitrogen and oxygen atoms in total. The number of Topliss-reactive ketones (excluding diaryl/α,β-unsaturated/α-hetero) is 1. The second-order valence-corrected chi connectivity index (χ2v) is 6.43. The number of hydrogen-bond acceptors (Lipinski definition) is 6. The predicted molar refractivity (Wildman–Crippen MR) is 111 cm³/mol. The molecule has 3 rings (SSSR count). The maximum atomic E-state index is 12.6. The number of ketones is 1. The SMILES string of the molecule is CC(=O)c1ccccc1NC(=O)C(C)OC(=O)c1ccccc1Oc1cccnc1. The number of amides is 1. The molecule has 0 saturated carbocycles. The number of benzene rings is 2. The fraction of sp³-hybridized carbons (Fsp3) is 0.130. The Bertz CT molecular complexity index is 1070. The third-order valence-corrected chi connectivity index (χ3v) is 4.19. The lowest BCUT2D eigenvalue weighted by molar-refractivity contribution is -0.123. The zero-order valence-corrected chi connectivity index (χ0v) is 16.5. The maximum absolute atomic E-state index is 12.6. The van der Waals surface area contributed by atoms with E-state index >= 15 is 0 Å². The van der Waals surface area contributed by atoms with Crippen LogP contribution in [0.4, 0.5) is 5.69 Å². The van der Waals surface area contributed by atoms with E-state index in [-0.39, 0.29) is 17.1 Å². The standard InChI is InChI=1S/C23H20N2O5/c1-15(26)18-9-3-5-11-20(18)25-22(27)16(2)29-23(28)19-10-4-6-12-21(19)30-17-8-7-13-24-14-17/h3-14,16H,1-2H3,(H,25,27). The van der Waals surface area contributed by atoms with Gasteiger partial charge < -0.3 is 14.8 Å². The van der Waals surface area contributed by atoms with Crippen LogP contribution in [0.1, 0.15) is 34.6 Å². The summed E-state index contributed by atoms with van der Waals surface area (Å²) < 4.78 is 11.0. The summed E-state index contributed by atoms with van der Waals surface area (Å²) in [6, 6.07) is 16.6. The van der Waals surface area contributed by atoms with Gasteiger partial charge in [0, 0.05) is 11.8 Å². The summed E-state index contributed by atoms with van der Waals surface area (Å²) in [4.78, 5) is 40.8. The summed E-state index contributed by atoms with van der Waals surface area (Å²) in [5.74, 6) is -0.703. The lowest BCUT2D eigenvalue weighted by Gasteiger charge is -2.16. The Morgan fingerprint density at radius 2 is 1.63 bits per heavy atom. The highest BCUT2D eigenvalue weighted by atomic mass is 16.5. The van der Waals surface area contributed by atoms with Crippen LogP contribution in [0.25, 0.3) is 0 Å². The number of esters is 1. The van der Waals surface area contributed by atoms with E-state index in [1.165, 1.54) is 20.0 Å². The van der Waals surface area contributed by atoms with Crippen molar-refractivity contribution in [1.29, 1.82) is 0 Å². The molecular weight excluding hydrogens is 384 g/mol. The number of anilines is 1. The Balaban J connectivity index is 1.70. The molecule has 7 heteroatoms. The molecule has 3 aromatic rings. The fourth-order valence-electron chi connectivity index (χ4n) is 2.67. The number of hydrogen-bond donors (Lipinski definition) is 1. The van der Waals surface area contributed by atoms with Gasteiger partial charge in [-0.15, -0.1) is 0 Å². The van der Waals surface area contributed by atoms with Crippen LogP contribution in [-0.4, -0.2) is 28.7 Å². The molecule has 1 unspecified atom stereocenters. The van der Waals surface area contributed by atoms with Crippen molar-refractivity contribution in [3.8, 4) is 11.5 Å². The third kappa shape index (κ3) is 5.08. The van der Waals surface area contributed by atoms with Crippen LogP contribution >= 0.6 is 0 Å². The minimum absolute atomic E-state index is 0.171. The maximum Gasteiger partial charge on any atom is 0.342 e. The van der Waals surface area contributed by atoms with Gasteiger partial charge in [0.25, 0.3) is 5.91 Å². The second-order valence-electron chi connectivity index (χ2n) is 6.43. The van der Waals surface area contributed by atoms with Crippen LogP contribution < -0.4 is 10.1 Å². The largest absolute Gasteiger partial charge is 0.455 e. The van der Waals surface area contributed by atoms with Gasteiger partial charge in [0.2, 0.25) is 0 Å². The summed E-state index contributed by atoms with van der Waals surface area (Å²) in [5.41, 5.74) is 0.906. The summed E-state index contributed by atoms with van der Waals surface area (Å²) in [5, 5.41) is 2.63. The second kappa shape index (κ2) is 9.47. The molecule has 0 saturated heterocycles. The Hall–Kier alpha value is -4.00. The molecule has 1 heterocycles. The Morgan fingerprint density at radius 1 is 0.933 bits per heavy atom. The van der Waals surface area contributed by atoms with E-state index in [4.69, 9.17) is 9.47 Å². The van der Waals surface area contributed by atoms with Crippen molar-refractivity contribution in [3.05, 3.63) is 84.2 Å². The number of pyridine rings is 1. The summed E-state index contributed by atoms with van der Waals surface area (Å²) in [6.45, 7) is 2.86. The van der Waals surface area contributed by atoms with Crippen molar-refractivity contribution >= 4 is 23.3 Å². The van der Waals surface area contributed by atoms with Crippen molar-refractivity contribution < 1.29 is 23.9 Å². The lowest BCUT2D eigenvalue weighted by Crippen LogP contribution is -2.30. The molecule has 2 aromatic carbocycles. The summed E-state index contributed by atoms with van der Waals surface area (Å²) >= 11 is 0. The van der Waals surface area contributed by atoms with Gasteiger partial charge in [0.15, 0.2) is 11.9 Å². The van der Waals surface area contributed by atoms with Crippen LogP contribution in [0.2, 0.25) is 0 Å². The van der Waals surface area contributed by atoms with Crippen LogP contribution in [0.15, 0.2) is 73.1 Å². The van der Waals surface area contributed by atoms with Gasteiger partial charge >= 0.3 is 5.97 Å². The van der Waals surface area contributed by atoms with E-state index in [0.29, 0.717) is 17.0 Å². The highest BCUT2D eigenvalue weighted by Gasteiger charge is 2.22. The first-order valence-electron chi connectivity index (χ1n) is 9.24. The van der Waals surface area contributed by atoms with Gasteiger partial charge in [0.05, 0.1) is 11.9 Å². The molecule has 1 N–H and O–H groups in total. The van der Waals surface area contributed by atoms with Crippen LogP contribution in [0.5, 0.6) is 11.5 Å². The van der Waals surface area contributed by atoms with Crippen molar-refractivity contribution in [2.75, 3.05) is 5.32 Å². The minimum atomic E-state index is -1.09. The predicted octanol–water partition coefficient (Wildman–Crippen LogP) is 4.26. The number of rotatable bonds is 7. The Morgan fingerprint density at radius 3 is 2.33 bits per heavy atom. The number of nitrogens with one attached hydrogen (secondary N) is 1. The molecule has 1 amide bonds. The normalized spacial score (nSPS) is 11.3. The molecular formula is C23H20N2O5. The van der Waals surface area contributed by atoms with Crippen LogP contribution in [0, 0.1) is 0 Å². The molecule has 1 atom stereocenters. The highest BCUT2D eigenvalue weighted by molar-refractivity contribution is 6.05. The fourth-order valence-corrected chi connectivity index (χ4v) is 2.67. The van der Waals surface area contributed by atoms with Crippen molar-refractivity contribution in [2.24, 2.45) is 0 Å². The number of aromatic nitrogens is 1. The average Bonchev–Trinajstić information content (AvgIpc) is 2.75. The van der Waals surface area contributed by atoms with Crippen molar-refractivity contribution in [3.63, 3.8) is 0 Å². The molecule has 1 aromatic heterocycles. The van der Waals surface area contributed by atoms with Crippen molar-refractivity contribution in [1.82, 2.24) is 4.98 Å². The number of para-hydroxylation sites is 2. The summed E-state index contributed by atoms with van der Waals surface area (Å²) in [7, 11) is 0. The molecule has 0 radical (unpaired) electrons. The molecule has 0 aliphatic heterocycles. The van der Waals surface area contributed by atoms with Gasteiger partial charge in [-0.2, -0.15) is 0 Å². The molecule has 0 aliphatic rings. The number of carbonyl (C=O) groups excluding carboxylic acids is 3. The van der Waals surface area contributed by atoms with Crippen molar-refractivity contribution in [2.45, 2.75) is 20.0 Å².